The highest BCUT2D eigenvalue weighted by Crippen LogP contribution is 2.38. The van der Waals surface area contributed by atoms with Crippen molar-refractivity contribution in [3.05, 3.63) is 23.9 Å². The van der Waals surface area contributed by atoms with Crippen LogP contribution in [-0.2, 0) is 11.3 Å². The van der Waals surface area contributed by atoms with Crippen molar-refractivity contribution in [2.45, 2.75) is 64.0 Å². The van der Waals surface area contributed by atoms with Gasteiger partial charge in [0.2, 0.25) is 11.8 Å². The molecule has 0 saturated heterocycles. The summed E-state index contributed by atoms with van der Waals surface area (Å²) in [4.78, 5) is 23.2. The van der Waals surface area contributed by atoms with E-state index in [1.165, 1.54) is 12.8 Å². The van der Waals surface area contributed by atoms with E-state index in [2.05, 4.69) is 20.6 Å². The summed E-state index contributed by atoms with van der Waals surface area (Å²) >= 11 is 0. The molecule has 0 aromatic carbocycles. The van der Waals surface area contributed by atoms with Crippen molar-refractivity contribution in [1.29, 1.82) is 0 Å². The van der Waals surface area contributed by atoms with Crippen molar-refractivity contribution >= 4 is 35.8 Å². The number of ether oxygens (including phenoxy) is 1. The Kier molecular flexibility index (Phi) is 9.64. The molecule has 0 spiro atoms. The van der Waals surface area contributed by atoms with E-state index in [9.17, 15) is 4.79 Å². The van der Waals surface area contributed by atoms with Crippen molar-refractivity contribution in [3.63, 3.8) is 0 Å². The predicted octanol–water partition coefficient (Wildman–Crippen LogP) is 3.33. The van der Waals surface area contributed by atoms with Gasteiger partial charge in [-0.1, -0.05) is 18.9 Å². The van der Waals surface area contributed by atoms with E-state index >= 15 is 0 Å². The number of nitrogens with one attached hydrogen (secondary N) is 2. The Morgan fingerprint density at radius 3 is 2.57 bits per heavy atom. The Morgan fingerprint density at radius 1 is 1.23 bits per heavy atom. The minimum atomic E-state index is -0.327. The molecule has 3 rings (SSSR count). The number of nitrogens with zero attached hydrogens (tertiary/aromatic N) is 3. The third-order valence-corrected chi connectivity index (χ3v) is 6.12. The van der Waals surface area contributed by atoms with Crippen LogP contribution in [0.1, 0.15) is 56.9 Å². The number of aliphatic imine (C=N–C) groups is 1. The maximum Gasteiger partial charge on any atom is 0.230 e. The fourth-order valence-electron chi connectivity index (χ4n) is 4.47. The van der Waals surface area contributed by atoms with Crippen molar-refractivity contribution in [3.8, 4) is 5.88 Å². The lowest BCUT2D eigenvalue weighted by Gasteiger charge is -2.31. The Bertz CT molecular complexity index is 713. The molecule has 2 N–H and O–H groups in total. The number of amides is 1. The zero-order valence-corrected chi connectivity index (χ0v) is 20.8. The molecule has 2 aliphatic carbocycles. The summed E-state index contributed by atoms with van der Waals surface area (Å²) in [6, 6.07) is 3.96. The van der Waals surface area contributed by atoms with Crippen LogP contribution in [0.15, 0.2) is 23.3 Å². The molecule has 2 aliphatic rings. The molecule has 0 aliphatic heterocycles. The first-order valence-corrected chi connectivity index (χ1v) is 10.8. The lowest BCUT2D eigenvalue weighted by Crippen LogP contribution is -2.49. The van der Waals surface area contributed by atoms with Crippen molar-refractivity contribution in [2.24, 2.45) is 10.4 Å². The van der Waals surface area contributed by atoms with Gasteiger partial charge >= 0.3 is 0 Å². The van der Waals surface area contributed by atoms with E-state index in [0.29, 0.717) is 24.9 Å². The summed E-state index contributed by atoms with van der Waals surface area (Å²) in [6.45, 7) is 1.17. The van der Waals surface area contributed by atoms with Gasteiger partial charge in [-0.2, -0.15) is 0 Å². The molecule has 1 amide bonds. The molecule has 0 atom stereocenters. The Labute approximate surface area is 197 Å². The van der Waals surface area contributed by atoms with Gasteiger partial charge in [0.25, 0.3) is 0 Å². The number of aromatic nitrogens is 1. The van der Waals surface area contributed by atoms with Gasteiger partial charge in [-0.25, -0.2) is 4.98 Å². The van der Waals surface area contributed by atoms with E-state index in [0.717, 1.165) is 44.1 Å². The van der Waals surface area contributed by atoms with Crippen LogP contribution in [0.5, 0.6) is 5.88 Å². The summed E-state index contributed by atoms with van der Waals surface area (Å²) in [7, 11) is 5.43. The van der Waals surface area contributed by atoms with Crippen molar-refractivity contribution < 1.29 is 9.53 Å². The molecule has 30 heavy (non-hydrogen) atoms. The lowest BCUT2D eigenvalue weighted by molar-refractivity contribution is -0.138. The highest BCUT2D eigenvalue weighted by molar-refractivity contribution is 14.0. The maximum absolute atomic E-state index is 12.8. The van der Waals surface area contributed by atoms with Crippen molar-refractivity contribution in [1.82, 2.24) is 20.5 Å². The minimum absolute atomic E-state index is 0. The normalized spacial score (nSPS) is 18.6. The first kappa shape index (κ1) is 24.7. The smallest absolute Gasteiger partial charge is 0.230 e. The molecule has 1 aromatic heterocycles. The molecule has 7 nitrogen and oxygen atoms in total. The quantitative estimate of drug-likeness (QED) is 0.322. The van der Waals surface area contributed by atoms with Crippen LogP contribution >= 0.6 is 24.0 Å². The first-order valence-electron chi connectivity index (χ1n) is 10.8. The third-order valence-electron chi connectivity index (χ3n) is 6.12. The maximum atomic E-state index is 12.8. The van der Waals surface area contributed by atoms with Crippen LogP contribution in [0.2, 0.25) is 0 Å². The van der Waals surface area contributed by atoms with Gasteiger partial charge in [-0.3, -0.25) is 9.79 Å². The van der Waals surface area contributed by atoms with E-state index in [-0.39, 0.29) is 41.4 Å². The predicted molar refractivity (Wildman–Crippen MR) is 130 cm³/mol. The fraction of sp³-hybridized carbons (Fsp3) is 0.682. The number of carbonyl (C=O) groups is 1. The molecule has 8 heteroatoms. The molecule has 1 aromatic rings. The standard InChI is InChI=1S/C22H35N5O2.HI/c1-23-21(26-16-22(12-6-7-13-22)20(28)27(2)3)25-15-17-9-8-14-24-19(17)29-18-10-4-5-11-18;/h8-9,14,18H,4-7,10-13,15-16H2,1-3H3,(H2,23,25,26);1H. The number of pyridine rings is 1. The number of carbonyl (C=O) groups excluding carboxylic acids is 1. The van der Waals surface area contributed by atoms with Gasteiger partial charge in [0.15, 0.2) is 5.96 Å². The third kappa shape index (κ3) is 6.21. The van der Waals surface area contributed by atoms with E-state index < -0.39 is 0 Å². The van der Waals surface area contributed by atoms with Crippen LogP contribution in [-0.4, -0.2) is 55.5 Å². The van der Waals surface area contributed by atoms with Gasteiger partial charge in [-0.15, -0.1) is 24.0 Å². The van der Waals surface area contributed by atoms with Gasteiger partial charge in [-0.05, 0) is 44.6 Å². The Hall–Kier alpha value is -1.58. The van der Waals surface area contributed by atoms with Gasteiger partial charge in [0, 0.05) is 46.0 Å². The van der Waals surface area contributed by atoms with Crippen molar-refractivity contribution in [2.75, 3.05) is 27.7 Å². The zero-order valence-electron chi connectivity index (χ0n) is 18.4. The van der Waals surface area contributed by atoms with Crippen LogP contribution in [0, 0.1) is 5.41 Å². The highest BCUT2D eigenvalue weighted by atomic mass is 127. The lowest BCUT2D eigenvalue weighted by atomic mass is 9.84. The van der Waals surface area contributed by atoms with Crippen LogP contribution in [0.4, 0.5) is 0 Å². The summed E-state index contributed by atoms with van der Waals surface area (Å²) in [5.41, 5.74) is 0.689. The van der Waals surface area contributed by atoms with E-state index in [1.54, 1.807) is 18.1 Å². The van der Waals surface area contributed by atoms with Gasteiger partial charge < -0.3 is 20.3 Å². The van der Waals surface area contributed by atoms with Gasteiger partial charge in [0.05, 0.1) is 5.41 Å². The molecular weight excluding hydrogens is 493 g/mol. The highest BCUT2D eigenvalue weighted by Gasteiger charge is 2.42. The first-order chi connectivity index (χ1) is 14.0. The fourth-order valence-corrected chi connectivity index (χ4v) is 4.47. The summed E-state index contributed by atoms with van der Waals surface area (Å²) in [5.74, 6) is 1.60. The topological polar surface area (TPSA) is 78.9 Å². The average molecular weight is 529 g/mol. The molecule has 0 unspecified atom stereocenters. The van der Waals surface area contributed by atoms with Crippen LogP contribution < -0.4 is 15.4 Å². The largest absolute Gasteiger partial charge is 0.474 e. The molecule has 2 fully saturated rings. The molecule has 0 radical (unpaired) electrons. The number of hydrogen-bond donors (Lipinski definition) is 2. The second-order valence-corrected chi connectivity index (χ2v) is 8.46. The molecule has 0 bridgehead atoms. The SMILES string of the molecule is CN=C(NCc1cccnc1OC1CCCC1)NCC1(C(=O)N(C)C)CCCC1.I. The van der Waals surface area contributed by atoms with Crippen LogP contribution in [0.3, 0.4) is 0 Å². The minimum Gasteiger partial charge on any atom is -0.474 e. The second kappa shape index (κ2) is 11.7. The molecule has 2 saturated carbocycles. The molecular formula is C22H36IN5O2. The number of halogens is 1. The zero-order chi connectivity index (χ0) is 20.7. The number of rotatable bonds is 7. The van der Waals surface area contributed by atoms with Gasteiger partial charge in [0.1, 0.15) is 6.10 Å². The van der Waals surface area contributed by atoms with E-state index in [4.69, 9.17) is 4.74 Å². The van der Waals surface area contributed by atoms with Crippen LogP contribution in [0.25, 0.3) is 0 Å². The summed E-state index contributed by atoms with van der Waals surface area (Å²) < 4.78 is 6.13. The number of hydrogen-bond acceptors (Lipinski definition) is 4. The monoisotopic (exact) mass is 529 g/mol. The average Bonchev–Trinajstić information content (AvgIpc) is 3.41. The Balaban J connectivity index is 0.00000320. The molecule has 168 valence electrons. The summed E-state index contributed by atoms with van der Waals surface area (Å²) in [6.07, 6.45) is 10.8. The number of guanidine groups is 1. The molecule has 1 heterocycles. The van der Waals surface area contributed by atoms with E-state index in [1.807, 2.05) is 26.2 Å². The second-order valence-electron chi connectivity index (χ2n) is 8.46. The summed E-state index contributed by atoms with van der Waals surface area (Å²) in [5, 5.41) is 6.74. The Morgan fingerprint density at radius 2 is 1.93 bits per heavy atom.